The number of fused-ring (bicyclic) bond motifs is 5. The van der Waals surface area contributed by atoms with Crippen LogP contribution < -0.4 is 0 Å². The van der Waals surface area contributed by atoms with Crippen molar-refractivity contribution in [2.45, 2.75) is 70.8 Å². The molecule has 0 aromatic rings. The minimum atomic E-state index is -1.83. The zero-order valence-corrected chi connectivity index (χ0v) is 18.5. The Balaban J connectivity index is 1.83. The lowest BCUT2D eigenvalue weighted by molar-refractivity contribution is -0.218. The van der Waals surface area contributed by atoms with Crippen LogP contribution >= 0.6 is 11.6 Å². The summed E-state index contributed by atoms with van der Waals surface area (Å²) < 4.78 is 17.1. The van der Waals surface area contributed by atoms with Crippen molar-refractivity contribution in [2.75, 3.05) is 5.88 Å². The van der Waals surface area contributed by atoms with Crippen molar-refractivity contribution in [3.63, 3.8) is 0 Å². The minimum absolute atomic E-state index is 0.0569. The third-order valence-electron chi connectivity index (χ3n) is 9.15. The van der Waals surface area contributed by atoms with Crippen molar-refractivity contribution in [3.05, 3.63) is 35.5 Å². The predicted molar refractivity (Wildman–Crippen MR) is 112 cm³/mol. The monoisotopic (exact) mass is 422 g/mol. The second-order valence-corrected chi connectivity index (χ2v) is 10.4. The van der Waals surface area contributed by atoms with E-state index >= 15 is 4.39 Å². The summed E-state index contributed by atoms with van der Waals surface area (Å²) in [6, 6.07) is 0. The number of rotatable bonds is 2. The molecule has 0 amide bonds. The third kappa shape index (κ3) is 2.34. The molecule has 0 spiro atoms. The molecule has 3 fully saturated rings. The minimum Gasteiger partial charge on any atom is -0.390 e. The fraction of sp³-hybridized carbons (Fsp3) is 0.708. The van der Waals surface area contributed by atoms with E-state index < -0.39 is 39.9 Å². The molecule has 3 nitrogen and oxygen atoms in total. The number of carbonyl (C=O) groups is 1. The van der Waals surface area contributed by atoms with Crippen LogP contribution in [-0.4, -0.2) is 39.3 Å². The molecule has 0 aromatic heterocycles. The smallest absolute Gasteiger partial charge is 0.179 e. The molecule has 4 rings (SSSR count). The van der Waals surface area contributed by atoms with E-state index in [1.165, 1.54) is 0 Å². The van der Waals surface area contributed by atoms with Gasteiger partial charge in [0.2, 0.25) is 0 Å². The first kappa shape index (κ1) is 21.3. The van der Waals surface area contributed by atoms with E-state index in [0.717, 1.165) is 17.6 Å². The number of alkyl halides is 2. The third-order valence-corrected chi connectivity index (χ3v) is 9.40. The van der Waals surface area contributed by atoms with Gasteiger partial charge in [-0.25, -0.2) is 4.39 Å². The van der Waals surface area contributed by atoms with Gasteiger partial charge in [0.1, 0.15) is 5.60 Å². The lowest BCUT2D eigenvalue weighted by Crippen LogP contribution is -2.69. The highest BCUT2D eigenvalue weighted by atomic mass is 35.5. The summed E-state index contributed by atoms with van der Waals surface area (Å²) in [6.07, 6.45) is 8.65. The molecule has 4 aliphatic rings. The van der Waals surface area contributed by atoms with Gasteiger partial charge in [0.05, 0.1) is 12.0 Å². The number of ketones is 1. The van der Waals surface area contributed by atoms with Gasteiger partial charge in [0, 0.05) is 16.7 Å². The van der Waals surface area contributed by atoms with Crippen molar-refractivity contribution in [1.82, 2.24) is 0 Å². The number of hydrogen-bond donors (Lipinski definition) is 2. The van der Waals surface area contributed by atoms with Gasteiger partial charge >= 0.3 is 0 Å². The van der Waals surface area contributed by atoms with Crippen molar-refractivity contribution in [3.8, 4) is 0 Å². The van der Waals surface area contributed by atoms with E-state index in [9.17, 15) is 15.0 Å². The molecule has 160 valence electrons. The summed E-state index contributed by atoms with van der Waals surface area (Å²) >= 11 is 5.85. The quantitative estimate of drug-likeness (QED) is 0.643. The highest BCUT2D eigenvalue weighted by Gasteiger charge is 2.75. The maximum Gasteiger partial charge on any atom is 0.179 e. The van der Waals surface area contributed by atoms with Crippen molar-refractivity contribution >= 4 is 17.4 Å². The molecule has 0 unspecified atom stereocenters. The van der Waals surface area contributed by atoms with E-state index in [4.69, 9.17) is 11.6 Å². The first-order valence-corrected chi connectivity index (χ1v) is 11.3. The fourth-order valence-corrected chi connectivity index (χ4v) is 7.67. The van der Waals surface area contributed by atoms with Crippen LogP contribution in [0.15, 0.2) is 35.5 Å². The number of Topliss-reactive ketones (excluding diaryl/α,β-unsaturated/α-hetero) is 1. The van der Waals surface area contributed by atoms with Gasteiger partial charge < -0.3 is 10.2 Å². The molecular formula is C24H32ClFO3. The molecule has 0 bridgehead atoms. The van der Waals surface area contributed by atoms with Crippen molar-refractivity contribution in [2.24, 2.45) is 28.6 Å². The largest absolute Gasteiger partial charge is 0.390 e. The lowest BCUT2D eigenvalue weighted by Gasteiger charge is -2.62. The van der Waals surface area contributed by atoms with Gasteiger partial charge in [-0.1, -0.05) is 43.7 Å². The Labute approximate surface area is 177 Å². The molecule has 2 N–H and O–H groups in total. The van der Waals surface area contributed by atoms with Crippen LogP contribution in [0.5, 0.6) is 0 Å². The zero-order valence-electron chi connectivity index (χ0n) is 17.7. The molecule has 4 aliphatic carbocycles. The van der Waals surface area contributed by atoms with Gasteiger partial charge in [-0.15, -0.1) is 11.6 Å². The van der Waals surface area contributed by atoms with E-state index in [1.54, 1.807) is 0 Å². The summed E-state index contributed by atoms with van der Waals surface area (Å²) in [5.41, 5.74) is -3.14. The number of halogens is 2. The zero-order chi connectivity index (χ0) is 21.4. The SMILES string of the molecule is C/C=C1\C=C[C@@]2(C)C(=C1)CC[C@H]1[C@@H]3C[C@H](C)[C@](O)(C(=O)CCl)[C@@]3(C)C[C@H](O)[C@@]12F. The average molecular weight is 423 g/mol. The molecule has 0 aromatic carbocycles. The average Bonchev–Trinajstić information content (AvgIpc) is 2.89. The van der Waals surface area contributed by atoms with Gasteiger partial charge in [-0.2, -0.15) is 0 Å². The number of aliphatic hydroxyl groups is 2. The van der Waals surface area contributed by atoms with Crippen molar-refractivity contribution < 1.29 is 19.4 Å². The summed E-state index contributed by atoms with van der Waals surface area (Å²) in [5.74, 6) is -1.61. The fourth-order valence-electron chi connectivity index (χ4n) is 7.47. The highest BCUT2D eigenvalue weighted by Crippen LogP contribution is 2.70. The second kappa shape index (κ2) is 6.51. The molecule has 3 saturated carbocycles. The number of allylic oxidation sites excluding steroid dienone is 6. The molecular weight excluding hydrogens is 391 g/mol. The van der Waals surface area contributed by atoms with Crippen LogP contribution in [0.25, 0.3) is 0 Å². The normalized spacial score (nSPS) is 52.6. The van der Waals surface area contributed by atoms with Crippen LogP contribution in [0.4, 0.5) is 4.39 Å². The Morgan fingerprint density at radius 3 is 2.69 bits per heavy atom. The molecule has 0 radical (unpaired) electrons. The number of aliphatic hydroxyl groups excluding tert-OH is 1. The van der Waals surface area contributed by atoms with Crippen LogP contribution in [0, 0.1) is 28.6 Å². The summed E-state index contributed by atoms with van der Waals surface area (Å²) in [5, 5.41) is 22.8. The predicted octanol–water partition coefficient (Wildman–Crippen LogP) is 4.52. The highest BCUT2D eigenvalue weighted by molar-refractivity contribution is 6.29. The van der Waals surface area contributed by atoms with Crippen LogP contribution in [0.3, 0.4) is 0 Å². The molecule has 0 saturated heterocycles. The van der Waals surface area contributed by atoms with Gasteiger partial charge in [-0.3, -0.25) is 4.79 Å². The van der Waals surface area contributed by atoms with E-state index in [1.807, 2.05) is 45.9 Å². The molecule has 8 atom stereocenters. The Kier molecular flexibility index (Phi) is 4.78. The van der Waals surface area contributed by atoms with E-state index in [-0.39, 0.29) is 24.1 Å². The molecule has 5 heteroatoms. The van der Waals surface area contributed by atoms with Crippen LogP contribution in [-0.2, 0) is 4.79 Å². The first-order chi connectivity index (χ1) is 13.5. The summed E-state index contributed by atoms with van der Waals surface area (Å²) in [4.78, 5) is 12.7. The Hall–Kier alpha value is -0.970. The Bertz CT molecular complexity index is 834. The van der Waals surface area contributed by atoms with E-state index in [2.05, 4.69) is 6.08 Å². The van der Waals surface area contributed by atoms with Gasteiger partial charge in [0.25, 0.3) is 0 Å². The molecule has 0 heterocycles. The molecule has 0 aliphatic heterocycles. The Morgan fingerprint density at radius 2 is 2.07 bits per heavy atom. The van der Waals surface area contributed by atoms with Gasteiger partial charge in [0.15, 0.2) is 11.5 Å². The molecule has 29 heavy (non-hydrogen) atoms. The lowest BCUT2D eigenvalue weighted by atomic mass is 9.44. The van der Waals surface area contributed by atoms with Crippen LogP contribution in [0.2, 0.25) is 0 Å². The maximum atomic E-state index is 17.1. The second-order valence-electron chi connectivity index (χ2n) is 10.1. The number of hydrogen-bond acceptors (Lipinski definition) is 3. The van der Waals surface area contributed by atoms with Crippen molar-refractivity contribution in [1.29, 1.82) is 0 Å². The maximum absolute atomic E-state index is 17.1. The number of carbonyl (C=O) groups excluding carboxylic acids is 1. The summed E-state index contributed by atoms with van der Waals surface area (Å²) in [7, 11) is 0. The summed E-state index contributed by atoms with van der Waals surface area (Å²) in [6.45, 7) is 7.58. The standard InChI is InChI=1S/C24H32ClFO3/c1-5-15-8-9-21(3)16(11-15)6-7-17-18-10-14(2)24(29,20(28)13-25)22(18,4)12-19(27)23(17,21)26/h5,8-9,11,14,17-19,27,29H,6-7,10,12-13H2,1-4H3/b15-5+/t14-,17-,18-,19-,21-,22-,23-,24-/m0/s1. The first-order valence-electron chi connectivity index (χ1n) is 10.8. The Morgan fingerprint density at radius 1 is 1.38 bits per heavy atom. The van der Waals surface area contributed by atoms with Gasteiger partial charge in [-0.05, 0) is 56.9 Å². The topological polar surface area (TPSA) is 57.5 Å². The van der Waals surface area contributed by atoms with Crippen LogP contribution in [0.1, 0.15) is 53.4 Å². The van der Waals surface area contributed by atoms with E-state index in [0.29, 0.717) is 12.8 Å².